The summed E-state index contributed by atoms with van der Waals surface area (Å²) in [5, 5.41) is 12.8. The first-order chi connectivity index (χ1) is 22.3. The second-order valence-corrected chi connectivity index (χ2v) is 11.7. The molecule has 0 saturated carbocycles. The number of carbonyl (C=O) groups is 5. The molecule has 0 aromatic carbocycles. The highest BCUT2D eigenvalue weighted by atomic mass is 19.4. The van der Waals surface area contributed by atoms with Crippen LogP contribution >= 0.6 is 0 Å². The molecule has 0 unspecified atom stereocenters. The summed E-state index contributed by atoms with van der Waals surface area (Å²) < 4.78 is 89.4. The molecular weight excluding hydrogens is 659 g/mol. The van der Waals surface area contributed by atoms with Gasteiger partial charge in [-0.1, -0.05) is 6.08 Å². The number of carbonyl (C=O) groups excluding carboxylic acids is 5. The van der Waals surface area contributed by atoms with E-state index in [9.17, 15) is 42.3 Å². The van der Waals surface area contributed by atoms with Gasteiger partial charge in [-0.25, -0.2) is 4.79 Å². The minimum Gasteiger partial charge on any atom is -0.466 e. The fraction of sp³-hybridized carbons (Fsp3) is 0.759. The third-order valence-electron chi connectivity index (χ3n) is 7.54. The van der Waals surface area contributed by atoms with Crippen molar-refractivity contribution in [3.63, 3.8) is 0 Å². The minimum atomic E-state index is -5.41. The van der Waals surface area contributed by atoms with Crippen LogP contribution in [0.1, 0.15) is 47.5 Å². The highest BCUT2D eigenvalue weighted by Crippen LogP contribution is 2.40. The number of alkyl halides is 3. The quantitative estimate of drug-likeness (QED) is 0.161. The van der Waals surface area contributed by atoms with Crippen LogP contribution in [-0.2, 0) is 66.6 Å². The minimum absolute atomic E-state index is 0.242. The summed E-state index contributed by atoms with van der Waals surface area (Å²) in [5.74, 6) is -7.27. The Balaban J connectivity index is 1.99. The van der Waals surface area contributed by atoms with Crippen molar-refractivity contribution in [3.8, 4) is 0 Å². The van der Waals surface area contributed by atoms with Crippen molar-refractivity contribution in [2.24, 2.45) is 0 Å². The third-order valence-corrected chi connectivity index (χ3v) is 7.54. The van der Waals surface area contributed by atoms with Crippen LogP contribution in [0.4, 0.5) is 13.2 Å². The van der Waals surface area contributed by atoms with E-state index in [-0.39, 0.29) is 12.0 Å². The van der Waals surface area contributed by atoms with E-state index in [1.807, 2.05) is 0 Å². The van der Waals surface area contributed by atoms with Gasteiger partial charge in [-0.2, -0.15) is 13.2 Å². The molecule has 1 amide bonds. The van der Waals surface area contributed by atoms with Gasteiger partial charge in [0.1, 0.15) is 31.0 Å². The average molecular weight is 700 g/mol. The summed E-state index contributed by atoms with van der Waals surface area (Å²) in [6.07, 6.45) is -16.3. The van der Waals surface area contributed by atoms with E-state index in [2.05, 4.69) is 0 Å². The van der Waals surface area contributed by atoms with Gasteiger partial charge in [0, 0.05) is 39.9 Å². The lowest BCUT2D eigenvalue weighted by atomic mass is 9.88. The third kappa shape index (κ3) is 9.85. The van der Waals surface area contributed by atoms with E-state index in [1.165, 1.54) is 13.2 Å². The zero-order valence-corrected chi connectivity index (χ0v) is 27.3. The SMILES string of the molecule is COC(=O)/C(=C/C[C@@H](O)[C@H]1O[C@@H](OC)[C@@H]2OC(C)(C)O[C@@H]21)C[C@H]1O[C@H](COC(C)=O)[C@@H](OC(C)=O)[C@H](OC(C)=O)[C@H]1NC(=O)C(F)(F)F. The molecule has 3 aliphatic rings. The number of aliphatic hydroxyl groups excluding tert-OH is 1. The lowest BCUT2D eigenvalue weighted by molar-refractivity contribution is -0.236. The van der Waals surface area contributed by atoms with Crippen molar-refractivity contribution in [3.05, 3.63) is 11.6 Å². The summed E-state index contributed by atoms with van der Waals surface area (Å²) >= 11 is 0. The van der Waals surface area contributed by atoms with Gasteiger partial charge in [-0.15, -0.1) is 0 Å². The number of halogens is 3. The van der Waals surface area contributed by atoms with Crippen LogP contribution in [0, 0.1) is 0 Å². The number of esters is 4. The van der Waals surface area contributed by atoms with Crippen molar-refractivity contribution < 1.29 is 84.9 Å². The van der Waals surface area contributed by atoms with Gasteiger partial charge in [-0.05, 0) is 20.3 Å². The Hall–Kier alpha value is -3.36. The van der Waals surface area contributed by atoms with E-state index in [4.69, 9.17) is 42.6 Å². The predicted octanol–water partition coefficient (Wildman–Crippen LogP) is 0.359. The monoisotopic (exact) mass is 699 g/mol. The van der Waals surface area contributed by atoms with Gasteiger partial charge in [-0.3, -0.25) is 19.2 Å². The molecule has 0 aliphatic carbocycles. The summed E-state index contributed by atoms with van der Waals surface area (Å²) in [4.78, 5) is 60.8. The number of fused-ring (bicyclic) bond motifs is 1. The maximum atomic E-state index is 13.5. The maximum Gasteiger partial charge on any atom is 0.471 e. The number of ether oxygens (including phenoxy) is 9. The number of nitrogens with one attached hydrogen (secondary N) is 1. The first-order valence-corrected chi connectivity index (χ1v) is 14.8. The van der Waals surface area contributed by atoms with Crippen molar-refractivity contribution >= 4 is 29.8 Å². The van der Waals surface area contributed by atoms with Crippen LogP contribution < -0.4 is 5.32 Å². The maximum absolute atomic E-state index is 13.5. The van der Waals surface area contributed by atoms with E-state index >= 15 is 0 Å². The molecule has 3 saturated heterocycles. The van der Waals surface area contributed by atoms with Crippen molar-refractivity contribution in [2.75, 3.05) is 20.8 Å². The Bertz CT molecular complexity index is 1240. The molecule has 3 aliphatic heterocycles. The average Bonchev–Trinajstić information content (AvgIpc) is 3.47. The lowest BCUT2D eigenvalue weighted by Gasteiger charge is -2.45. The van der Waals surface area contributed by atoms with Crippen molar-refractivity contribution in [2.45, 2.75) is 121 Å². The number of hydrogen-bond acceptors (Lipinski definition) is 15. The zero-order chi connectivity index (χ0) is 36.1. The number of hydrogen-bond donors (Lipinski definition) is 2. The lowest BCUT2D eigenvalue weighted by Crippen LogP contribution is -2.67. The normalized spacial score (nSPS) is 32.1. The van der Waals surface area contributed by atoms with Gasteiger partial charge in [0.15, 0.2) is 24.3 Å². The van der Waals surface area contributed by atoms with Crippen molar-refractivity contribution in [1.29, 1.82) is 0 Å². The Labute approximate surface area is 273 Å². The first-order valence-electron chi connectivity index (χ1n) is 14.8. The molecule has 48 heavy (non-hydrogen) atoms. The molecule has 3 heterocycles. The Morgan fingerprint density at radius 2 is 1.52 bits per heavy atom. The van der Waals surface area contributed by atoms with Gasteiger partial charge >= 0.3 is 36.0 Å². The topological polar surface area (TPSA) is 201 Å². The van der Waals surface area contributed by atoms with Crippen LogP contribution in [0.2, 0.25) is 0 Å². The van der Waals surface area contributed by atoms with Crippen molar-refractivity contribution in [1.82, 2.24) is 5.32 Å². The molecule has 272 valence electrons. The van der Waals surface area contributed by atoms with E-state index in [0.717, 1.165) is 27.9 Å². The van der Waals surface area contributed by atoms with Crippen LogP contribution in [0.25, 0.3) is 0 Å². The number of methoxy groups -OCH3 is 2. The van der Waals surface area contributed by atoms with Gasteiger partial charge < -0.3 is 53.1 Å². The molecule has 10 atom stereocenters. The fourth-order valence-electron chi connectivity index (χ4n) is 5.68. The summed E-state index contributed by atoms with van der Waals surface area (Å²) in [5.41, 5.74) is -0.242. The zero-order valence-electron chi connectivity index (χ0n) is 27.3. The largest absolute Gasteiger partial charge is 0.471 e. The predicted molar refractivity (Wildman–Crippen MR) is 149 cm³/mol. The smallest absolute Gasteiger partial charge is 0.466 e. The molecule has 0 radical (unpaired) electrons. The summed E-state index contributed by atoms with van der Waals surface area (Å²) in [6, 6.07) is -1.88. The number of amides is 1. The molecule has 3 rings (SSSR count). The van der Waals surface area contributed by atoms with Gasteiger partial charge in [0.05, 0.1) is 25.4 Å². The van der Waals surface area contributed by atoms with E-state index in [0.29, 0.717) is 0 Å². The van der Waals surface area contributed by atoms with E-state index in [1.54, 1.807) is 19.2 Å². The standard InChI is InChI=1S/C29H40F3NO15/c1-12(34)42-11-18-21(43-13(2)35)22(44-14(3)36)19(33-27(39)29(30,31)32)17(45-18)10-15(25(38)40-6)8-9-16(37)20-23-24(26(41-7)46-20)48-28(4,5)47-23/h8,16-24,26,37H,9-11H2,1-7H3,(H,33,39)/b15-8+/t16-,17-,18-,19+,20-,21-,22-,23-,24-,26-/m1/s1. The molecule has 3 fully saturated rings. The van der Waals surface area contributed by atoms with Crippen LogP contribution in [0.3, 0.4) is 0 Å². The Morgan fingerprint density at radius 3 is 2.06 bits per heavy atom. The van der Waals surface area contributed by atoms with Gasteiger partial charge in [0.25, 0.3) is 0 Å². The molecule has 19 heteroatoms. The number of aliphatic hydroxyl groups is 1. The highest BCUT2D eigenvalue weighted by Gasteiger charge is 2.57. The summed E-state index contributed by atoms with van der Waals surface area (Å²) in [6.45, 7) is 5.64. The second-order valence-electron chi connectivity index (χ2n) is 11.7. The molecule has 0 aromatic heterocycles. The second kappa shape index (κ2) is 15.9. The van der Waals surface area contributed by atoms with Crippen LogP contribution in [-0.4, -0.2) is 129 Å². The molecule has 16 nitrogen and oxygen atoms in total. The van der Waals surface area contributed by atoms with E-state index < -0.39 is 116 Å². The van der Waals surface area contributed by atoms with Crippen LogP contribution in [0.15, 0.2) is 11.6 Å². The Kier molecular flexibility index (Phi) is 12.9. The molecule has 0 aromatic rings. The summed E-state index contributed by atoms with van der Waals surface area (Å²) in [7, 11) is 2.40. The van der Waals surface area contributed by atoms with Crippen LogP contribution in [0.5, 0.6) is 0 Å². The first kappa shape index (κ1) is 39.1. The molecular formula is C29H40F3NO15. The van der Waals surface area contributed by atoms with Gasteiger partial charge in [0.2, 0.25) is 0 Å². The molecule has 0 bridgehead atoms. The fourth-order valence-corrected chi connectivity index (χ4v) is 5.68. The number of rotatable bonds is 12. The highest BCUT2D eigenvalue weighted by molar-refractivity contribution is 5.88. The molecule has 0 spiro atoms. The Morgan fingerprint density at radius 1 is 0.917 bits per heavy atom. The molecule has 2 N–H and O–H groups in total.